The number of ether oxygens (including phenoxy) is 1. The number of non-ortho nitro benzene ring substituents is 1. The Morgan fingerprint density at radius 2 is 1.15 bits per heavy atom. The topological polar surface area (TPSA) is 64.7 Å². The number of nitro benzene ring substituents is 1. The van der Waals surface area contributed by atoms with Gasteiger partial charge in [0, 0.05) is 24.6 Å². The van der Waals surface area contributed by atoms with Crippen molar-refractivity contribution < 1.29 is 9.66 Å². The molecule has 0 atom stereocenters. The van der Waals surface area contributed by atoms with Crippen LogP contribution in [0.2, 0.25) is 0 Å². The third-order valence-corrected chi connectivity index (χ3v) is 10.2. The summed E-state index contributed by atoms with van der Waals surface area (Å²) in [6.07, 6.45) is 0. The number of nitrogens with zero attached hydrogens (tertiary/aromatic N) is 2. The Kier molecular flexibility index (Phi) is 5.93. The third-order valence-electron chi connectivity index (χ3n) is 5.65. The van der Waals surface area contributed by atoms with Crippen molar-refractivity contribution in [3.63, 3.8) is 0 Å². The molecule has 4 aromatic carbocycles. The van der Waals surface area contributed by atoms with Crippen molar-refractivity contribution >= 4 is 57.1 Å². The molecule has 5 rings (SSSR count). The van der Waals surface area contributed by atoms with Crippen molar-refractivity contribution in [1.29, 1.82) is 0 Å². The number of thiocarbonyl (C=S) groups is 1. The Balaban J connectivity index is 1.85. The highest BCUT2D eigenvalue weighted by atomic mass is 32.1. The summed E-state index contributed by atoms with van der Waals surface area (Å²) in [5.41, 5.74) is 1.35. The van der Waals surface area contributed by atoms with Crippen LogP contribution in [0.25, 0.3) is 0 Å². The first-order valence-electron chi connectivity index (χ1n) is 10.6. The van der Waals surface area contributed by atoms with E-state index < -0.39 is 11.8 Å². The summed E-state index contributed by atoms with van der Waals surface area (Å²) in [7, 11) is 0. The quantitative estimate of drug-likeness (QED) is 0.177. The second-order valence-corrected chi connectivity index (χ2v) is 11.3. The van der Waals surface area contributed by atoms with E-state index in [0.29, 0.717) is 21.9 Å². The first-order valence-corrected chi connectivity index (χ1v) is 12.8. The van der Waals surface area contributed by atoms with E-state index in [1.54, 1.807) is 12.1 Å². The van der Waals surface area contributed by atoms with Crippen LogP contribution in [-0.2, 0) is 4.74 Å². The van der Waals surface area contributed by atoms with Crippen LogP contribution in [0.5, 0.6) is 0 Å². The molecule has 166 valence electrons. The van der Waals surface area contributed by atoms with Gasteiger partial charge in [0.25, 0.3) is 5.69 Å². The molecule has 0 fully saturated rings. The largest absolute Gasteiger partial charge is 0.424 e. The predicted octanol–water partition coefficient (Wildman–Crippen LogP) is 4.82. The van der Waals surface area contributed by atoms with E-state index in [-0.39, 0.29) is 5.69 Å². The minimum atomic E-state index is -2.49. The van der Waals surface area contributed by atoms with Crippen LogP contribution >= 0.6 is 19.1 Å². The minimum absolute atomic E-state index is 0.00818. The molecule has 0 N–H and O–H groups in total. The zero-order valence-corrected chi connectivity index (χ0v) is 19.7. The molecule has 1 aliphatic rings. The summed E-state index contributed by atoms with van der Waals surface area (Å²) >= 11 is 5.78. The van der Waals surface area contributed by atoms with E-state index in [0.717, 1.165) is 15.9 Å². The maximum atomic E-state index is 11.1. The first-order chi connectivity index (χ1) is 16.6. The molecule has 34 heavy (non-hydrogen) atoms. The number of nitro groups is 1. The van der Waals surface area contributed by atoms with Gasteiger partial charge in [0.1, 0.15) is 5.42 Å². The monoisotopic (exact) mass is 482 g/mol. The van der Waals surface area contributed by atoms with Crippen LogP contribution in [0.4, 0.5) is 5.69 Å². The lowest BCUT2D eigenvalue weighted by molar-refractivity contribution is -0.384. The predicted molar refractivity (Wildman–Crippen MR) is 143 cm³/mol. The lowest BCUT2D eigenvalue weighted by atomic mass is 10.2. The molecule has 0 bridgehead atoms. The average molecular weight is 483 g/mol. The molecule has 0 saturated carbocycles. The van der Waals surface area contributed by atoms with Crippen molar-refractivity contribution in [2.75, 3.05) is 0 Å². The summed E-state index contributed by atoms with van der Waals surface area (Å²) in [5.74, 6) is 0.349. The van der Waals surface area contributed by atoms with Gasteiger partial charge in [-0.25, -0.2) is 4.99 Å². The van der Waals surface area contributed by atoms with Gasteiger partial charge < -0.3 is 4.74 Å². The molecule has 0 saturated heterocycles. The summed E-state index contributed by atoms with van der Waals surface area (Å²) in [4.78, 5) is 15.6. The van der Waals surface area contributed by atoms with Crippen molar-refractivity contribution in [3.8, 4) is 0 Å². The highest BCUT2D eigenvalue weighted by molar-refractivity contribution is 7.98. The van der Waals surface area contributed by atoms with Crippen LogP contribution in [0, 0.1) is 10.1 Å². The van der Waals surface area contributed by atoms with E-state index in [9.17, 15) is 10.1 Å². The molecule has 1 heterocycles. The molecule has 4 aromatic rings. The van der Waals surface area contributed by atoms with Gasteiger partial charge >= 0.3 is 0 Å². The maximum absolute atomic E-state index is 11.1. The second-order valence-electron chi connectivity index (χ2n) is 7.61. The van der Waals surface area contributed by atoms with Crippen LogP contribution in [-0.4, -0.2) is 21.3 Å². The Morgan fingerprint density at radius 1 is 0.706 bits per heavy atom. The second kappa shape index (κ2) is 9.18. The van der Waals surface area contributed by atoms with Crippen molar-refractivity contribution in [2.45, 2.75) is 0 Å². The average Bonchev–Trinajstić information content (AvgIpc) is 3.28. The van der Waals surface area contributed by atoms with Crippen LogP contribution in [0.3, 0.4) is 0 Å². The number of rotatable bonds is 5. The fourth-order valence-corrected chi connectivity index (χ4v) is 8.71. The zero-order chi connectivity index (χ0) is 23.5. The molecule has 7 heteroatoms. The van der Waals surface area contributed by atoms with E-state index in [1.807, 2.05) is 54.6 Å². The standard InChI is InChI=1S/C27H19N2O3PS/c30-29(31)21-18-16-20(17-19-21)25-28-26(27(34)32-25)33(22-10-4-1-5-11-22,23-12-6-2-7-13-23)24-14-8-3-9-15-24/h1-19H. The lowest BCUT2D eigenvalue weighted by Gasteiger charge is -2.29. The van der Waals surface area contributed by atoms with Crippen LogP contribution < -0.4 is 15.9 Å². The SMILES string of the molecule is O=[N+]([O-])c1ccc(C2=NC(=P(c3ccccc3)(c3ccccc3)c3ccccc3)C(=S)O2)cc1. The van der Waals surface area contributed by atoms with Gasteiger partial charge in [0.15, 0.2) is 0 Å². The number of benzene rings is 4. The molecular formula is C27H19N2O3PS. The summed E-state index contributed by atoms with van der Waals surface area (Å²) in [5, 5.41) is 14.7. The molecule has 0 spiro atoms. The van der Waals surface area contributed by atoms with E-state index in [2.05, 4.69) is 36.4 Å². The summed E-state index contributed by atoms with van der Waals surface area (Å²) in [6.45, 7) is -2.49. The van der Waals surface area contributed by atoms with E-state index >= 15 is 0 Å². The Bertz CT molecular complexity index is 1350. The minimum Gasteiger partial charge on any atom is -0.424 e. The molecule has 0 aromatic heterocycles. The van der Waals surface area contributed by atoms with Gasteiger partial charge in [-0.15, -0.1) is 0 Å². The molecule has 5 nitrogen and oxygen atoms in total. The molecule has 0 unspecified atom stereocenters. The highest BCUT2D eigenvalue weighted by Crippen LogP contribution is 2.47. The van der Waals surface area contributed by atoms with Crippen LogP contribution in [0.15, 0.2) is 120 Å². The summed E-state index contributed by atoms with van der Waals surface area (Å²) < 4.78 is 6.03. The molecule has 1 aliphatic heterocycles. The number of aliphatic imine (C=N–C) groups is 1. The maximum Gasteiger partial charge on any atom is 0.269 e. The number of hydrogen-bond donors (Lipinski definition) is 0. The fourth-order valence-electron chi connectivity index (χ4n) is 4.13. The van der Waals surface area contributed by atoms with Crippen molar-refractivity contribution in [1.82, 2.24) is 0 Å². The van der Waals surface area contributed by atoms with E-state index in [1.165, 1.54) is 12.1 Å². The van der Waals surface area contributed by atoms with Gasteiger partial charge in [-0.05, 0) is 40.3 Å². The number of hydrogen-bond acceptors (Lipinski definition) is 4. The Hall–Kier alpha value is -3.86. The van der Waals surface area contributed by atoms with Crippen molar-refractivity contribution in [3.05, 3.63) is 131 Å². The van der Waals surface area contributed by atoms with Gasteiger partial charge in [-0.1, -0.05) is 91.0 Å². The zero-order valence-electron chi connectivity index (χ0n) is 17.9. The molecule has 0 aliphatic carbocycles. The van der Waals surface area contributed by atoms with Gasteiger partial charge in [0.05, 0.1) is 4.92 Å². The van der Waals surface area contributed by atoms with Crippen LogP contribution in [0.1, 0.15) is 5.56 Å². The van der Waals surface area contributed by atoms with Gasteiger partial charge in [-0.3, -0.25) is 10.1 Å². The Labute approximate surface area is 202 Å². The molecular weight excluding hydrogens is 463 g/mol. The van der Waals surface area contributed by atoms with Crippen molar-refractivity contribution in [2.24, 2.45) is 4.99 Å². The fraction of sp³-hybridized carbons (Fsp3) is 0. The summed E-state index contributed by atoms with van der Waals surface area (Å²) in [6, 6.07) is 37.0. The van der Waals surface area contributed by atoms with Gasteiger partial charge in [0.2, 0.25) is 10.9 Å². The first kappa shape index (κ1) is 22.0. The van der Waals surface area contributed by atoms with Gasteiger partial charge in [-0.2, -0.15) is 0 Å². The lowest BCUT2D eigenvalue weighted by Crippen LogP contribution is -2.31. The van der Waals surface area contributed by atoms with E-state index in [4.69, 9.17) is 21.9 Å². The molecule has 0 amide bonds. The smallest absolute Gasteiger partial charge is 0.269 e. The highest BCUT2D eigenvalue weighted by Gasteiger charge is 2.36. The molecule has 0 radical (unpaired) electrons. The normalized spacial score (nSPS) is 13.4. The Morgan fingerprint density at radius 3 is 1.56 bits per heavy atom. The third kappa shape index (κ3) is 3.77.